The smallest absolute Gasteiger partial charge is 0.127 e. The summed E-state index contributed by atoms with van der Waals surface area (Å²) in [4.78, 5) is 0. The van der Waals surface area contributed by atoms with Crippen molar-refractivity contribution in [2.45, 2.75) is 6.54 Å². The van der Waals surface area contributed by atoms with Gasteiger partial charge in [0, 0.05) is 26.2 Å². The highest BCUT2D eigenvalue weighted by molar-refractivity contribution is 6.36. The topological polar surface area (TPSA) is 33.6 Å². The monoisotopic (exact) mass is 342 g/mol. The van der Waals surface area contributed by atoms with Crippen LogP contribution in [0.3, 0.4) is 0 Å². The summed E-state index contributed by atoms with van der Waals surface area (Å²) in [6.07, 6.45) is 1.63. The van der Waals surface area contributed by atoms with E-state index >= 15 is 0 Å². The molecule has 0 spiro atoms. The highest BCUT2D eigenvalue weighted by Gasteiger charge is 2.04. The van der Waals surface area contributed by atoms with E-state index in [1.54, 1.807) is 49.7 Å². The number of hydrazone groups is 1. The van der Waals surface area contributed by atoms with E-state index in [-0.39, 0.29) is 0 Å². The molecule has 0 aliphatic rings. The molecule has 2 aromatic rings. The lowest BCUT2D eigenvalue weighted by atomic mass is 10.2. The Morgan fingerprint density at radius 3 is 2.52 bits per heavy atom. The molecule has 0 aliphatic heterocycles. The molecule has 0 amide bonds. The number of hydrogen-bond acceptors (Lipinski definition) is 3. The number of ether oxygens (including phenoxy) is 1. The molecule has 0 aromatic heterocycles. The highest BCUT2D eigenvalue weighted by atomic mass is 35.5. The molecule has 0 unspecified atom stereocenters. The molecule has 3 nitrogen and oxygen atoms in total. The molecule has 21 heavy (non-hydrogen) atoms. The lowest BCUT2D eigenvalue weighted by Gasteiger charge is -2.07. The van der Waals surface area contributed by atoms with Crippen LogP contribution in [0.15, 0.2) is 41.5 Å². The zero-order valence-electron chi connectivity index (χ0n) is 11.2. The van der Waals surface area contributed by atoms with Gasteiger partial charge in [0.05, 0.1) is 19.9 Å². The van der Waals surface area contributed by atoms with Crippen LogP contribution in [0.4, 0.5) is 0 Å². The maximum atomic E-state index is 6.08. The number of benzene rings is 2. The van der Waals surface area contributed by atoms with Gasteiger partial charge in [0.25, 0.3) is 0 Å². The summed E-state index contributed by atoms with van der Waals surface area (Å²) in [5.74, 6) is 0.695. The van der Waals surface area contributed by atoms with Crippen LogP contribution in [0.1, 0.15) is 11.1 Å². The van der Waals surface area contributed by atoms with Crippen molar-refractivity contribution in [3.8, 4) is 5.75 Å². The van der Waals surface area contributed by atoms with E-state index in [0.717, 1.165) is 11.1 Å². The van der Waals surface area contributed by atoms with E-state index in [2.05, 4.69) is 10.5 Å². The predicted molar refractivity (Wildman–Crippen MR) is 88.9 cm³/mol. The Balaban J connectivity index is 2.05. The number of hydrogen-bond donors (Lipinski definition) is 1. The second-order valence-electron chi connectivity index (χ2n) is 4.18. The van der Waals surface area contributed by atoms with Crippen LogP contribution in [0.5, 0.6) is 5.75 Å². The van der Waals surface area contributed by atoms with Gasteiger partial charge in [0.2, 0.25) is 0 Å². The molecule has 1 N–H and O–H groups in total. The first kappa shape index (κ1) is 16.0. The second kappa shape index (κ2) is 7.55. The molecule has 0 saturated carbocycles. The molecule has 2 rings (SSSR count). The van der Waals surface area contributed by atoms with E-state index in [0.29, 0.717) is 27.4 Å². The third-order valence-corrected chi connectivity index (χ3v) is 3.75. The molecule has 0 saturated heterocycles. The Bertz CT molecular complexity index is 639. The van der Waals surface area contributed by atoms with Crippen molar-refractivity contribution in [3.05, 3.63) is 62.6 Å². The highest BCUT2D eigenvalue weighted by Crippen LogP contribution is 2.24. The van der Waals surface area contributed by atoms with Crippen molar-refractivity contribution in [1.29, 1.82) is 0 Å². The van der Waals surface area contributed by atoms with Gasteiger partial charge in [0.1, 0.15) is 5.75 Å². The van der Waals surface area contributed by atoms with Crippen molar-refractivity contribution in [3.63, 3.8) is 0 Å². The fraction of sp³-hybridized carbons (Fsp3) is 0.133. The van der Waals surface area contributed by atoms with E-state index in [9.17, 15) is 0 Å². The van der Waals surface area contributed by atoms with Gasteiger partial charge in [-0.3, -0.25) is 0 Å². The number of nitrogens with one attached hydrogen (secondary N) is 1. The standard InChI is InChI=1S/C15H13Cl3N2O/c1-21-15-6-5-11(16)7-10(15)8-19-20-9-12-13(17)3-2-4-14(12)18/h2-8,20H,9H2,1H3/b19-8-. The van der Waals surface area contributed by atoms with Crippen LogP contribution in [0.2, 0.25) is 15.1 Å². The van der Waals surface area contributed by atoms with E-state index in [4.69, 9.17) is 39.5 Å². The first-order valence-electron chi connectivity index (χ1n) is 6.14. The molecule has 0 atom stereocenters. The summed E-state index contributed by atoms with van der Waals surface area (Å²) >= 11 is 18.1. The van der Waals surface area contributed by atoms with E-state index in [1.807, 2.05) is 0 Å². The van der Waals surface area contributed by atoms with E-state index < -0.39 is 0 Å². The second-order valence-corrected chi connectivity index (χ2v) is 5.43. The normalized spacial score (nSPS) is 10.9. The molecule has 0 aliphatic carbocycles. The van der Waals surface area contributed by atoms with Gasteiger partial charge >= 0.3 is 0 Å². The third kappa shape index (κ3) is 4.27. The van der Waals surface area contributed by atoms with Gasteiger partial charge in [-0.25, -0.2) is 0 Å². The lowest BCUT2D eigenvalue weighted by Crippen LogP contribution is -2.07. The van der Waals surface area contributed by atoms with E-state index in [1.165, 1.54) is 0 Å². The van der Waals surface area contributed by atoms with Crippen LogP contribution >= 0.6 is 34.8 Å². The zero-order valence-corrected chi connectivity index (χ0v) is 13.5. The Labute approximate surface area is 138 Å². The fourth-order valence-corrected chi connectivity index (χ4v) is 2.46. The first-order chi connectivity index (χ1) is 10.1. The summed E-state index contributed by atoms with van der Waals surface area (Å²) < 4.78 is 5.23. The summed E-state index contributed by atoms with van der Waals surface area (Å²) in [7, 11) is 1.59. The lowest BCUT2D eigenvalue weighted by molar-refractivity contribution is 0.414. The van der Waals surface area contributed by atoms with Gasteiger partial charge in [-0.05, 0) is 30.3 Å². The van der Waals surface area contributed by atoms with Crippen LogP contribution < -0.4 is 10.2 Å². The minimum atomic E-state index is 0.428. The summed E-state index contributed by atoms with van der Waals surface area (Å²) in [6.45, 7) is 0.428. The number of nitrogens with zero attached hydrogens (tertiary/aromatic N) is 1. The molecule has 0 fully saturated rings. The largest absolute Gasteiger partial charge is 0.496 e. The van der Waals surface area contributed by atoms with Crippen molar-refractivity contribution < 1.29 is 4.74 Å². The van der Waals surface area contributed by atoms with Crippen LogP contribution in [-0.4, -0.2) is 13.3 Å². The van der Waals surface area contributed by atoms with Crippen molar-refractivity contribution in [2.24, 2.45) is 5.10 Å². The first-order valence-corrected chi connectivity index (χ1v) is 7.27. The molecule has 2 aromatic carbocycles. The molecule has 0 radical (unpaired) electrons. The van der Waals surface area contributed by atoms with Gasteiger partial charge in [-0.1, -0.05) is 40.9 Å². The molecule has 0 bridgehead atoms. The number of rotatable bonds is 5. The number of methoxy groups -OCH3 is 1. The predicted octanol–water partition coefficient (Wildman–Crippen LogP) is 4.78. The fourth-order valence-electron chi connectivity index (χ4n) is 1.75. The minimum absolute atomic E-state index is 0.428. The Kier molecular flexibility index (Phi) is 5.74. The zero-order chi connectivity index (χ0) is 15.2. The van der Waals surface area contributed by atoms with Crippen molar-refractivity contribution >= 4 is 41.0 Å². The molecular formula is C15H13Cl3N2O. The Morgan fingerprint density at radius 2 is 1.86 bits per heavy atom. The minimum Gasteiger partial charge on any atom is -0.496 e. The van der Waals surface area contributed by atoms with Crippen molar-refractivity contribution in [2.75, 3.05) is 7.11 Å². The summed E-state index contributed by atoms with van der Waals surface area (Å²) in [6, 6.07) is 10.7. The molecular weight excluding hydrogens is 331 g/mol. The number of halogens is 3. The van der Waals surface area contributed by atoms with Gasteiger partial charge in [-0.2, -0.15) is 5.10 Å². The van der Waals surface area contributed by atoms with Gasteiger partial charge in [0.15, 0.2) is 0 Å². The molecule has 110 valence electrons. The maximum Gasteiger partial charge on any atom is 0.127 e. The Morgan fingerprint density at radius 1 is 1.14 bits per heavy atom. The maximum absolute atomic E-state index is 6.08. The van der Waals surface area contributed by atoms with Crippen LogP contribution in [-0.2, 0) is 6.54 Å². The quantitative estimate of drug-likeness (QED) is 0.626. The van der Waals surface area contributed by atoms with Gasteiger partial charge in [-0.15, -0.1) is 0 Å². The Hall–Kier alpha value is -1.42. The van der Waals surface area contributed by atoms with Crippen molar-refractivity contribution in [1.82, 2.24) is 5.43 Å². The summed E-state index contributed by atoms with van der Waals surface area (Å²) in [5, 5.41) is 5.96. The third-order valence-electron chi connectivity index (χ3n) is 2.80. The molecule has 6 heteroatoms. The van der Waals surface area contributed by atoms with Crippen LogP contribution in [0, 0.1) is 0 Å². The molecule has 0 heterocycles. The van der Waals surface area contributed by atoms with Gasteiger partial charge < -0.3 is 10.2 Å². The summed E-state index contributed by atoms with van der Waals surface area (Å²) in [5.41, 5.74) is 4.49. The SMILES string of the molecule is COc1ccc(Cl)cc1/C=N\NCc1c(Cl)cccc1Cl. The average molecular weight is 344 g/mol. The average Bonchev–Trinajstić information content (AvgIpc) is 2.46. The van der Waals surface area contributed by atoms with Crippen LogP contribution in [0.25, 0.3) is 0 Å².